The molecule has 24 heavy (non-hydrogen) atoms. The van der Waals surface area contributed by atoms with Gasteiger partial charge in [-0.2, -0.15) is 0 Å². The maximum Gasteiger partial charge on any atom is 0.330 e. The molecule has 7 nitrogen and oxygen atoms in total. The van der Waals surface area contributed by atoms with Crippen LogP contribution in [0.1, 0.15) is 30.1 Å². The molecular formula is C17H19N3O4. The van der Waals surface area contributed by atoms with Crippen molar-refractivity contribution in [1.82, 2.24) is 14.5 Å². The van der Waals surface area contributed by atoms with Gasteiger partial charge in [-0.3, -0.25) is 18.7 Å². The normalized spacial score (nSPS) is 16.9. The SMILES string of the molecule is Cn1c(COc2ccc(C3CCC(=O)N3)cc2)cc(=O)n(C)c1=O. The monoisotopic (exact) mass is 329 g/mol. The van der Waals surface area contributed by atoms with E-state index < -0.39 is 0 Å². The van der Waals surface area contributed by atoms with Crippen LogP contribution >= 0.6 is 0 Å². The molecule has 1 saturated heterocycles. The number of ether oxygens (including phenoxy) is 1. The average Bonchev–Trinajstić information content (AvgIpc) is 3.02. The number of rotatable bonds is 4. The molecule has 1 amide bonds. The quantitative estimate of drug-likeness (QED) is 0.891. The topological polar surface area (TPSA) is 82.3 Å². The number of carbonyl (C=O) groups is 1. The Morgan fingerprint density at radius 1 is 1.12 bits per heavy atom. The fourth-order valence-corrected chi connectivity index (χ4v) is 2.73. The lowest BCUT2D eigenvalue weighted by Gasteiger charge is -2.13. The third kappa shape index (κ3) is 3.10. The number of amides is 1. The van der Waals surface area contributed by atoms with E-state index >= 15 is 0 Å². The second kappa shape index (κ2) is 6.35. The molecule has 1 aromatic carbocycles. The van der Waals surface area contributed by atoms with Gasteiger partial charge in [-0.15, -0.1) is 0 Å². The number of nitrogens with zero attached hydrogens (tertiary/aromatic N) is 2. The fourth-order valence-electron chi connectivity index (χ4n) is 2.73. The Kier molecular flexibility index (Phi) is 4.24. The molecule has 0 bridgehead atoms. The van der Waals surface area contributed by atoms with Crippen molar-refractivity contribution in [2.24, 2.45) is 14.1 Å². The second-order valence-electron chi connectivity index (χ2n) is 5.89. The third-order valence-electron chi connectivity index (χ3n) is 4.29. The van der Waals surface area contributed by atoms with Gasteiger partial charge in [0.15, 0.2) is 0 Å². The first kappa shape index (κ1) is 16.0. The maximum absolute atomic E-state index is 11.9. The van der Waals surface area contributed by atoms with Crippen molar-refractivity contribution in [3.63, 3.8) is 0 Å². The van der Waals surface area contributed by atoms with Gasteiger partial charge in [-0.05, 0) is 24.1 Å². The van der Waals surface area contributed by atoms with Crippen LogP contribution in [0.25, 0.3) is 0 Å². The van der Waals surface area contributed by atoms with Crippen molar-refractivity contribution in [1.29, 1.82) is 0 Å². The summed E-state index contributed by atoms with van der Waals surface area (Å²) in [5, 5.41) is 2.92. The molecule has 1 aromatic heterocycles. The van der Waals surface area contributed by atoms with E-state index in [0.717, 1.165) is 16.6 Å². The van der Waals surface area contributed by atoms with Gasteiger partial charge in [0, 0.05) is 26.6 Å². The number of benzene rings is 1. The van der Waals surface area contributed by atoms with Gasteiger partial charge in [-0.25, -0.2) is 4.79 Å². The summed E-state index contributed by atoms with van der Waals surface area (Å²) in [7, 11) is 3.04. The van der Waals surface area contributed by atoms with Crippen molar-refractivity contribution in [2.45, 2.75) is 25.5 Å². The highest BCUT2D eigenvalue weighted by Gasteiger charge is 2.21. The molecule has 126 valence electrons. The van der Waals surface area contributed by atoms with Gasteiger partial charge in [-0.1, -0.05) is 12.1 Å². The van der Waals surface area contributed by atoms with E-state index in [0.29, 0.717) is 17.9 Å². The molecule has 3 rings (SSSR count). The predicted molar refractivity (Wildman–Crippen MR) is 87.8 cm³/mol. The van der Waals surface area contributed by atoms with Gasteiger partial charge in [0.25, 0.3) is 5.56 Å². The molecule has 1 N–H and O–H groups in total. The molecule has 1 fully saturated rings. The molecule has 0 aliphatic carbocycles. The molecule has 7 heteroatoms. The summed E-state index contributed by atoms with van der Waals surface area (Å²) < 4.78 is 8.11. The van der Waals surface area contributed by atoms with Gasteiger partial charge in [0.2, 0.25) is 5.91 Å². The average molecular weight is 329 g/mol. The standard InChI is InChI=1S/C17H19N3O4/c1-19-12(9-16(22)20(2)17(19)23)10-24-13-5-3-11(4-6-13)14-7-8-15(21)18-14/h3-6,9,14H,7-8,10H2,1-2H3,(H,18,21). The number of nitrogens with one attached hydrogen (secondary N) is 1. The minimum absolute atomic E-state index is 0.0597. The molecule has 2 aromatic rings. The molecule has 0 saturated carbocycles. The van der Waals surface area contributed by atoms with Crippen LogP contribution in [0.3, 0.4) is 0 Å². The highest BCUT2D eigenvalue weighted by molar-refractivity contribution is 5.78. The van der Waals surface area contributed by atoms with Crippen LogP contribution in [-0.4, -0.2) is 15.0 Å². The van der Waals surface area contributed by atoms with Crippen LogP contribution < -0.4 is 21.3 Å². The van der Waals surface area contributed by atoms with Gasteiger partial charge < -0.3 is 10.1 Å². The Hall–Kier alpha value is -2.83. The molecule has 1 aliphatic rings. The van der Waals surface area contributed by atoms with Crippen molar-refractivity contribution in [3.8, 4) is 5.75 Å². The number of hydrogen-bond donors (Lipinski definition) is 1. The minimum Gasteiger partial charge on any atom is -0.487 e. The Balaban J connectivity index is 1.70. The molecule has 2 heterocycles. The summed E-state index contributed by atoms with van der Waals surface area (Å²) >= 11 is 0. The lowest BCUT2D eigenvalue weighted by atomic mass is 10.1. The lowest BCUT2D eigenvalue weighted by molar-refractivity contribution is -0.119. The van der Waals surface area contributed by atoms with E-state index in [1.807, 2.05) is 24.3 Å². The van der Waals surface area contributed by atoms with Crippen molar-refractivity contribution < 1.29 is 9.53 Å². The third-order valence-corrected chi connectivity index (χ3v) is 4.29. The van der Waals surface area contributed by atoms with Crippen molar-refractivity contribution in [3.05, 3.63) is 62.4 Å². The molecule has 1 atom stereocenters. The summed E-state index contributed by atoms with van der Waals surface area (Å²) in [6.45, 7) is 0.126. The van der Waals surface area contributed by atoms with E-state index in [9.17, 15) is 14.4 Å². The summed E-state index contributed by atoms with van der Waals surface area (Å²) in [5.74, 6) is 0.711. The highest BCUT2D eigenvalue weighted by atomic mass is 16.5. The summed E-state index contributed by atoms with van der Waals surface area (Å²) in [6.07, 6.45) is 1.36. The van der Waals surface area contributed by atoms with Crippen molar-refractivity contribution >= 4 is 5.91 Å². The van der Waals surface area contributed by atoms with Crippen molar-refractivity contribution in [2.75, 3.05) is 0 Å². The van der Waals surface area contributed by atoms with E-state index in [4.69, 9.17) is 4.74 Å². The highest BCUT2D eigenvalue weighted by Crippen LogP contribution is 2.25. The van der Waals surface area contributed by atoms with E-state index in [1.165, 1.54) is 17.7 Å². The summed E-state index contributed by atoms with van der Waals surface area (Å²) in [4.78, 5) is 34.9. The van der Waals surface area contributed by atoms with Crippen LogP contribution in [0.2, 0.25) is 0 Å². The Labute approximate surface area is 138 Å². The van der Waals surface area contributed by atoms with Crippen LogP contribution in [-0.2, 0) is 25.5 Å². The van der Waals surface area contributed by atoms with Crippen LogP contribution in [0.15, 0.2) is 39.9 Å². The summed E-state index contributed by atoms with van der Waals surface area (Å²) in [5.41, 5.74) is 0.807. The zero-order valence-electron chi connectivity index (χ0n) is 13.6. The number of aromatic nitrogens is 2. The maximum atomic E-state index is 11.9. The first-order valence-electron chi connectivity index (χ1n) is 7.74. The van der Waals surface area contributed by atoms with E-state index in [2.05, 4.69) is 5.32 Å². The molecule has 1 aliphatic heterocycles. The predicted octanol–water partition coefficient (Wildman–Crippen LogP) is 0.614. The second-order valence-corrected chi connectivity index (χ2v) is 5.89. The fraction of sp³-hybridized carbons (Fsp3) is 0.353. The zero-order chi connectivity index (χ0) is 17.3. The van der Waals surface area contributed by atoms with Gasteiger partial charge in [0.1, 0.15) is 12.4 Å². The number of hydrogen-bond acceptors (Lipinski definition) is 4. The first-order valence-corrected chi connectivity index (χ1v) is 7.74. The summed E-state index contributed by atoms with van der Waals surface area (Å²) in [6, 6.07) is 8.91. The molecular weight excluding hydrogens is 310 g/mol. The smallest absolute Gasteiger partial charge is 0.330 e. The van der Waals surface area contributed by atoms with E-state index in [1.54, 1.807) is 7.05 Å². The van der Waals surface area contributed by atoms with E-state index in [-0.39, 0.29) is 29.8 Å². The van der Waals surface area contributed by atoms with Crippen LogP contribution in [0.5, 0.6) is 5.75 Å². The van der Waals surface area contributed by atoms with Crippen LogP contribution in [0.4, 0.5) is 0 Å². The van der Waals surface area contributed by atoms with Crippen LogP contribution in [0, 0.1) is 0 Å². The number of carbonyl (C=O) groups excluding carboxylic acids is 1. The molecule has 1 unspecified atom stereocenters. The lowest BCUT2D eigenvalue weighted by Crippen LogP contribution is -2.38. The molecule has 0 spiro atoms. The zero-order valence-corrected chi connectivity index (χ0v) is 13.6. The van der Waals surface area contributed by atoms with Gasteiger partial charge in [0.05, 0.1) is 11.7 Å². The Morgan fingerprint density at radius 2 is 1.83 bits per heavy atom. The Bertz CT molecular complexity index is 880. The minimum atomic E-state index is -0.381. The molecule has 0 radical (unpaired) electrons. The first-order chi connectivity index (χ1) is 11.5. The largest absolute Gasteiger partial charge is 0.487 e. The Morgan fingerprint density at radius 3 is 2.46 bits per heavy atom. The van der Waals surface area contributed by atoms with Gasteiger partial charge >= 0.3 is 5.69 Å².